The molecule has 3 aromatic carbocycles. The summed E-state index contributed by atoms with van der Waals surface area (Å²) < 4.78 is 33.5. The van der Waals surface area contributed by atoms with Gasteiger partial charge in [-0.2, -0.15) is 0 Å². The third kappa shape index (κ3) is 6.60. The van der Waals surface area contributed by atoms with E-state index in [1.54, 1.807) is 54.6 Å². The van der Waals surface area contributed by atoms with Crippen LogP contribution in [-0.2, 0) is 20.2 Å². The van der Waals surface area contributed by atoms with E-state index in [-0.39, 0.29) is 30.0 Å². The highest BCUT2D eigenvalue weighted by Gasteiger charge is 2.27. The predicted octanol–water partition coefficient (Wildman–Crippen LogP) is 4.68. The number of sulfonamides is 1. The lowest BCUT2D eigenvalue weighted by Crippen LogP contribution is -2.41. The number of anilines is 1. The molecule has 1 amide bonds. The van der Waals surface area contributed by atoms with Crippen molar-refractivity contribution in [2.24, 2.45) is 0 Å². The SMILES string of the molecule is Cc1ccc(S(=O)(=O)N(CC(=O)NCCOc2ccc(C(C)(C)C)cc2)c2ccccc2)cc1. The molecule has 3 aromatic rings. The molecule has 0 atom stereocenters. The number of aryl methyl sites for hydroxylation is 1. The molecule has 6 nitrogen and oxygen atoms in total. The minimum Gasteiger partial charge on any atom is -0.492 e. The lowest BCUT2D eigenvalue weighted by Gasteiger charge is -2.24. The van der Waals surface area contributed by atoms with Gasteiger partial charge in [0.05, 0.1) is 17.1 Å². The summed E-state index contributed by atoms with van der Waals surface area (Å²) in [6, 6.07) is 23.1. The molecule has 0 radical (unpaired) electrons. The van der Waals surface area contributed by atoms with Crippen LogP contribution in [0.3, 0.4) is 0 Å². The van der Waals surface area contributed by atoms with Crippen molar-refractivity contribution in [3.63, 3.8) is 0 Å². The number of rotatable bonds is 9. The second kappa shape index (κ2) is 10.7. The first-order valence-electron chi connectivity index (χ1n) is 11.2. The highest BCUT2D eigenvalue weighted by atomic mass is 32.2. The number of amides is 1. The van der Waals surface area contributed by atoms with Gasteiger partial charge in [-0.25, -0.2) is 8.42 Å². The van der Waals surface area contributed by atoms with E-state index >= 15 is 0 Å². The van der Waals surface area contributed by atoms with Crippen molar-refractivity contribution in [2.45, 2.75) is 38.0 Å². The van der Waals surface area contributed by atoms with Crippen molar-refractivity contribution in [3.8, 4) is 5.75 Å². The Balaban J connectivity index is 1.62. The topological polar surface area (TPSA) is 75.7 Å². The molecule has 0 saturated heterocycles. The molecule has 0 aliphatic rings. The van der Waals surface area contributed by atoms with Crippen LogP contribution in [0.2, 0.25) is 0 Å². The van der Waals surface area contributed by atoms with Crippen LogP contribution in [0.25, 0.3) is 0 Å². The zero-order chi connectivity index (χ0) is 24.8. The number of hydrogen-bond donors (Lipinski definition) is 1. The van der Waals surface area contributed by atoms with Gasteiger partial charge in [0.25, 0.3) is 10.0 Å². The quantitative estimate of drug-likeness (QED) is 0.451. The maximum absolute atomic E-state index is 13.3. The fourth-order valence-corrected chi connectivity index (χ4v) is 4.76. The van der Waals surface area contributed by atoms with Crippen LogP contribution >= 0.6 is 0 Å². The minimum atomic E-state index is -3.91. The lowest BCUT2D eigenvalue weighted by atomic mass is 9.87. The molecule has 0 heterocycles. The van der Waals surface area contributed by atoms with E-state index in [9.17, 15) is 13.2 Å². The number of carbonyl (C=O) groups excluding carboxylic acids is 1. The molecule has 0 unspecified atom stereocenters. The van der Waals surface area contributed by atoms with Gasteiger partial charge in [0.15, 0.2) is 0 Å². The van der Waals surface area contributed by atoms with Gasteiger partial charge < -0.3 is 10.1 Å². The average Bonchev–Trinajstić information content (AvgIpc) is 2.81. The van der Waals surface area contributed by atoms with Crippen LogP contribution < -0.4 is 14.4 Å². The van der Waals surface area contributed by atoms with Crippen molar-refractivity contribution in [2.75, 3.05) is 24.0 Å². The smallest absolute Gasteiger partial charge is 0.264 e. The predicted molar refractivity (Wildman–Crippen MR) is 136 cm³/mol. The maximum Gasteiger partial charge on any atom is 0.264 e. The average molecular weight is 481 g/mol. The van der Waals surface area contributed by atoms with Gasteiger partial charge in [-0.1, -0.05) is 68.8 Å². The summed E-state index contributed by atoms with van der Waals surface area (Å²) in [7, 11) is -3.91. The van der Waals surface area contributed by atoms with Crippen LogP contribution in [0.15, 0.2) is 83.8 Å². The van der Waals surface area contributed by atoms with Crippen LogP contribution in [0.1, 0.15) is 31.9 Å². The molecule has 0 saturated carbocycles. The Morgan fingerprint density at radius 1 is 0.912 bits per heavy atom. The van der Waals surface area contributed by atoms with Crippen LogP contribution in [0.4, 0.5) is 5.69 Å². The minimum absolute atomic E-state index is 0.0655. The molecular weight excluding hydrogens is 448 g/mol. The molecular formula is C27H32N2O4S. The first kappa shape index (κ1) is 25.3. The third-order valence-electron chi connectivity index (χ3n) is 5.35. The largest absolute Gasteiger partial charge is 0.492 e. The summed E-state index contributed by atoms with van der Waals surface area (Å²) in [5, 5.41) is 2.75. The Morgan fingerprint density at radius 2 is 1.53 bits per heavy atom. The Labute approximate surface area is 202 Å². The molecule has 1 N–H and O–H groups in total. The maximum atomic E-state index is 13.3. The Bertz CT molecular complexity index is 1180. The monoisotopic (exact) mass is 480 g/mol. The van der Waals surface area contributed by atoms with Gasteiger partial charge in [0.1, 0.15) is 18.9 Å². The molecule has 7 heteroatoms. The van der Waals surface area contributed by atoms with E-state index in [0.717, 1.165) is 15.6 Å². The number of nitrogens with zero attached hydrogens (tertiary/aromatic N) is 1. The second-order valence-electron chi connectivity index (χ2n) is 9.13. The van der Waals surface area contributed by atoms with E-state index in [0.29, 0.717) is 5.69 Å². The van der Waals surface area contributed by atoms with Gasteiger partial charge in [-0.05, 0) is 54.3 Å². The van der Waals surface area contributed by atoms with E-state index in [1.807, 2.05) is 31.2 Å². The number of benzene rings is 3. The molecule has 0 spiro atoms. The van der Waals surface area contributed by atoms with Crippen LogP contribution in [0, 0.1) is 6.92 Å². The number of para-hydroxylation sites is 1. The summed E-state index contributed by atoms with van der Waals surface area (Å²) in [6.07, 6.45) is 0. The zero-order valence-corrected chi connectivity index (χ0v) is 20.9. The Morgan fingerprint density at radius 3 is 2.12 bits per heavy atom. The summed E-state index contributed by atoms with van der Waals surface area (Å²) in [4.78, 5) is 12.8. The van der Waals surface area contributed by atoms with Gasteiger partial charge in [0.2, 0.25) is 5.91 Å². The molecule has 0 fully saturated rings. The summed E-state index contributed by atoms with van der Waals surface area (Å²) in [6.45, 7) is 8.53. The standard InChI is InChI=1S/C27H32N2O4S/c1-21-10-16-25(17-11-21)34(31,32)29(23-8-6-5-7-9-23)20-26(30)28-18-19-33-24-14-12-22(13-15-24)27(2,3)4/h5-17H,18-20H2,1-4H3,(H,28,30). The van der Waals surface area contributed by atoms with E-state index in [1.165, 1.54) is 5.56 Å². The summed E-state index contributed by atoms with van der Waals surface area (Å²) in [5.41, 5.74) is 2.66. The van der Waals surface area contributed by atoms with Crippen molar-refractivity contribution in [1.29, 1.82) is 0 Å². The fraction of sp³-hybridized carbons (Fsp3) is 0.296. The summed E-state index contributed by atoms with van der Waals surface area (Å²) >= 11 is 0. The number of carbonyl (C=O) groups is 1. The van der Waals surface area contributed by atoms with Crippen molar-refractivity contribution < 1.29 is 17.9 Å². The lowest BCUT2D eigenvalue weighted by molar-refractivity contribution is -0.119. The zero-order valence-electron chi connectivity index (χ0n) is 20.1. The molecule has 34 heavy (non-hydrogen) atoms. The van der Waals surface area contributed by atoms with Gasteiger partial charge >= 0.3 is 0 Å². The van der Waals surface area contributed by atoms with Crippen molar-refractivity contribution in [3.05, 3.63) is 90.0 Å². The van der Waals surface area contributed by atoms with Crippen molar-refractivity contribution >= 4 is 21.6 Å². The van der Waals surface area contributed by atoms with E-state index in [4.69, 9.17) is 4.74 Å². The highest BCUT2D eigenvalue weighted by molar-refractivity contribution is 7.92. The Hall–Kier alpha value is -3.32. The fourth-order valence-electron chi connectivity index (χ4n) is 3.34. The number of ether oxygens (including phenoxy) is 1. The first-order valence-corrected chi connectivity index (χ1v) is 12.7. The van der Waals surface area contributed by atoms with Crippen LogP contribution in [-0.4, -0.2) is 34.0 Å². The molecule has 180 valence electrons. The van der Waals surface area contributed by atoms with Gasteiger partial charge in [-0.3, -0.25) is 9.10 Å². The van der Waals surface area contributed by atoms with E-state index in [2.05, 4.69) is 26.1 Å². The molecule has 0 aliphatic heterocycles. The van der Waals surface area contributed by atoms with Gasteiger partial charge in [-0.15, -0.1) is 0 Å². The summed E-state index contributed by atoms with van der Waals surface area (Å²) in [5.74, 6) is 0.307. The third-order valence-corrected chi connectivity index (χ3v) is 7.14. The molecule has 0 aromatic heterocycles. The number of hydrogen-bond acceptors (Lipinski definition) is 4. The van der Waals surface area contributed by atoms with E-state index < -0.39 is 15.9 Å². The van der Waals surface area contributed by atoms with Crippen molar-refractivity contribution in [1.82, 2.24) is 5.32 Å². The normalized spacial score (nSPS) is 11.6. The van der Waals surface area contributed by atoms with Gasteiger partial charge in [0, 0.05) is 0 Å². The molecule has 3 rings (SSSR count). The number of nitrogens with one attached hydrogen (secondary N) is 1. The second-order valence-corrected chi connectivity index (χ2v) is 11.0. The first-order chi connectivity index (χ1) is 16.1. The highest BCUT2D eigenvalue weighted by Crippen LogP contribution is 2.25. The Kier molecular flexibility index (Phi) is 7.99. The van der Waals surface area contributed by atoms with Crippen LogP contribution in [0.5, 0.6) is 5.75 Å². The molecule has 0 bridgehead atoms. The molecule has 0 aliphatic carbocycles.